The molecule has 2 rings (SSSR count). The Morgan fingerprint density at radius 3 is 2.70 bits per heavy atom. The topological polar surface area (TPSA) is 96.3 Å². The fraction of sp³-hybridized carbons (Fsp3) is 0.500. The summed E-state index contributed by atoms with van der Waals surface area (Å²) in [4.78, 5) is 25.1. The molecule has 1 aromatic carbocycles. The molecule has 0 aromatic heterocycles. The second-order valence-corrected chi connectivity index (χ2v) is 5.78. The molecule has 1 aliphatic heterocycles. The molecule has 0 radical (unpaired) electrons. The Morgan fingerprint density at radius 2 is 2.13 bits per heavy atom. The molecule has 7 heteroatoms. The number of aldehydes is 1. The van der Waals surface area contributed by atoms with E-state index in [4.69, 9.17) is 14.6 Å². The molecule has 0 saturated heterocycles. The molecule has 1 aromatic rings. The van der Waals surface area contributed by atoms with Crippen molar-refractivity contribution in [3.63, 3.8) is 0 Å². The van der Waals surface area contributed by atoms with Gasteiger partial charge in [-0.2, -0.15) is 0 Å². The highest BCUT2D eigenvalue weighted by atomic mass is 16.5. The van der Waals surface area contributed by atoms with E-state index >= 15 is 0 Å². The summed E-state index contributed by atoms with van der Waals surface area (Å²) in [6.45, 7) is 4.80. The Morgan fingerprint density at radius 1 is 1.43 bits per heavy atom. The van der Waals surface area contributed by atoms with E-state index in [1.54, 1.807) is 26.8 Å². The lowest BCUT2D eigenvalue weighted by Crippen LogP contribution is -2.54. The van der Waals surface area contributed by atoms with Gasteiger partial charge in [0.15, 0.2) is 17.1 Å². The third kappa shape index (κ3) is 3.30. The van der Waals surface area contributed by atoms with Crippen molar-refractivity contribution in [2.75, 3.05) is 24.7 Å². The second-order valence-electron chi connectivity index (χ2n) is 5.78. The number of β-amino-alcohol motifs (C(OH)–C–C–N with tert-alkyl or cyclic N) is 1. The zero-order valence-electron chi connectivity index (χ0n) is 13.4. The average Bonchev–Trinajstić information content (AvgIpc) is 2.52. The number of nitrogens with zero attached hydrogens (tertiary/aromatic N) is 1. The van der Waals surface area contributed by atoms with Gasteiger partial charge in [0.1, 0.15) is 6.29 Å². The molecule has 7 nitrogen and oxygen atoms in total. The summed E-state index contributed by atoms with van der Waals surface area (Å²) < 4.78 is 11.3. The minimum atomic E-state index is -1.16. The number of fused-ring (bicyclic) bond motifs is 1. The number of hydrogen-bond donors (Lipinski definition) is 2. The zero-order chi connectivity index (χ0) is 17.2. The van der Waals surface area contributed by atoms with Crippen molar-refractivity contribution in [3.05, 3.63) is 17.7 Å². The van der Waals surface area contributed by atoms with Crippen molar-refractivity contribution < 1.29 is 29.3 Å². The second kappa shape index (κ2) is 6.55. The van der Waals surface area contributed by atoms with Crippen molar-refractivity contribution in [1.82, 2.24) is 0 Å². The van der Waals surface area contributed by atoms with Gasteiger partial charge in [0, 0.05) is 5.56 Å². The Bertz CT molecular complexity index is 613. The summed E-state index contributed by atoms with van der Waals surface area (Å²) >= 11 is 0. The van der Waals surface area contributed by atoms with E-state index in [1.807, 2.05) is 0 Å². The third-order valence-corrected chi connectivity index (χ3v) is 3.51. The molecule has 23 heavy (non-hydrogen) atoms. The van der Waals surface area contributed by atoms with Crippen LogP contribution >= 0.6 is 0 Å². The SMILES string of the molecule is CCOc1cc(C=O)cc2c1OC(C)(C)C(=O)N2CC(O)CO. The summed E-state index contributed by atoms with van der Waals surface area (Å²) in [6, 6.07) is 3.05. The van der Waals surface area contributed by atoms with Gasteiger partial charge < -0.3 is 24.6 Å². The molecule has 0 bridgehead atoms. The van der Waals surface area contributed by atoms with Crippen LogP contribution in [0.3, 0.4) is 0 Å². The Labute approximate surface area is 134 Å². The van der Waals surface area contributed by atoms with Gasteiger partial charge in [0.25, 0.3) is 5.91 Å². The van der Waals surface area contributed by atoms with E-state index in [-0.39, 0.29) is 12.5 Å². The van der Waals surface area contributed by atoms with Crippen molar-refractivity contribution >= 4 is 17.9 Å². The molecule has 1 atom stereocenters. The molecule has 126 valence electrons. The highest BCUT2D eigenvalue weighted by Crippen LogP contribution is 2.45. The molecule has 1 aliphatic rings. The number of anilines is 1. The minimum Gasteiger partial charge on any atom is -0.490 e. The molecular weight excluding hydrogens is 302 g/mol. The molecule has 1 amide bonds. The summed E-state index contributed by atoms with van der Waals surface area (Å²) in [6.07, 6.45) is -0.454. The third-order valence-electron chi connectivity index (χ3n) is 3.51. The van der Waals surface area contributed by atoms with Gasteiger partial charge in [-0.15, -0.1) is 0 Å². The van der Waals surface area contributed by atoms with Gasteiger partial charge >= 0.3 is 0 Å². The van der Waals surface area contributed by atoms with Crippen LogP contribution < -0.4 is 14.4 Å². The van der Waals surface area contributed by atoms with Crippen LogP contribution in [0.2, 0.25) is 0 Å². The minimum absolute atomic E-state index is 0.108. The smallest absolute Gasteiger partial charge is 0.270 e. The van der Waals surface area contributed by atoms with Gasteiger partial charge in [-0.25, -0.2) is 0 Å². The van der Waals surface area contributed by atoms with Crippen LogP contribution in [0.25, 0.3) is 0 Å². The van der Waals surface area contributed by atoms with Crippen molar-refractivity contribution in [2.24, 2.45) is 0 Å². The van der Waals surface area contributed by atoms with Crippen molar-refractivity contribution in [2.45, 2.75) is 32.5 Å². The number of ether oxygens (including phenoxy) is 2. The molecule has 0 fully saturated rings. The largest absolute Gasteiger partial charge is 0.490 e. The molecule has 1 heterocycles. The standard InChI is InChI=1S/C16H21NO6/c1-4-22-13-6-10(8-18)5-12-14(13)23-16(2,3)15(21)17(12)7-11(20)9-19/h5-6,8,11,19-20H,4,7,9H2,1-3H3. The molecular formula is C16H21NO6. The highest BCUT2D eigenvalue weighted by molar-refractivity contribution is 6.03. The maximum absolute atomic E-state index is 12.6. The predicted molar refractivity (Wildman–Crippen MR) is 83.2 cm³/mol. The molecule has 0 saturated carbocycles. The predicted octanol–water partition coefficient (Wildman–Crippen LogP) is 0.755. The normalized spacial score (nSPS) is 17.3. The maximum Gasteiger partial charge on any atom is 0.270 e. The van der Waals surface area contributed by atoms with E-state index in [2.05, 4.69) is 0 Å². The van der Waals surface area contributed by atoms with E-state index in [1.165, 1.54) is 11.0 Å². The number of carbonyl (C=O) groups is 2. The van der Waals surface area contributed by atoms with Crippen LogP contribution in [-0.4, -0.2) is 53.9 Å². The average molecular weight is 323 g/mol. The van der Waals surface area contributed by atoms with Crippen LogP contribution in [-0.2, 0) is 4.79 Å². The fourth-order valence-corrected chi connectivity index (χ4v) is 2.43. The lowest BCUT2D eigenvalue weighted by Gasteiger charge is -2.40. The van der Waals surface area contributed by atoms with Crippen LogP contribution in [0, 0.1) is 0 Å². The maximum atomic E-state index is 12.6. The Balaban J connectivity index is 2.59. The first kappa shape index (κ1) is 17.2. The van der Waals surface area contributed by atoms with E-state index in [0.29, 0.717) is 35.6 Å². The number of amides is 1. The van der Waals surface area contributed by atoms with Gasteiger partial charge in [-0.05, 0) is 32.9 Å². The first-order valence-electron chi connectivity index (χ1n) is 7.40. The quantitative estimate of drug-likeness (QED) is 0.750. The lowest BCUT2D eigenvalue weighted by atomic mass is 10.0. The van der Waals surface area contributed by atoms with E-state index in [9.17, 15) is 14.7 Å². The first-order chi connectivity index (χ1) is 10.8. The number of aliphatic hydroxyl groups excluding tert-OH is 2. The van der Waals surface area contributed by atoms with E-state index in [0.717, 1.165) is 0 Å². The van der Waals surface area contributed by atoms with Gasteiger partial charge in [-0.3, -0.25) is 9.59 Å². The molecule has 1 unspecified atom stereocenters. The number of aliphatic hydroxyl groups is 2. The van der Waals surface area contributed by atoms with Gasteiger partial charge in [0.05, 0.1) is 31.5 Å². The zero-order valence-corrected chi connectivity index (χ0v) is 13.4. The Kier molecular flexibility index (Phi) is 4.91. The fourth-order valence-electron chi connectivity index (χ4n) is 2.43. The number of carbonyl (C=O) groups excluding carboxylic acids is 2. The van der Waals surface area contributed by atoms with Crippen molar-refractivity contribution in [1.29, 1.82) is 0 Å². The summed E-state index contributed by atoms with van der Waals surface area (Å²) in [5.74, 6) is 0.325. The summed E-state index contributed by atoms with van der Waals surface area (Å²) in [5, 5.41) is 18.8. The molecule has 0 spiro atoms. The van der Waals surface area contributed by atoms with Crippen molar-refractivity contribution in [3.8, 4) is 11.5 Å². The van der Waals surface area contributed by atoms with Gasteiger partial charge in [-0.1, -0.05) is 0 Å². The van der Waals surface area contributed by atoms with Gasteiger partial charge in [0.2, 0.25) is 0 Å². The van der Waals surface area contributed by atoms with Crippen LogP contribution in [0.1, 0.15) is 31.1 Å². The van der Waals surface area contributed by atoms with E-state index < -0.39 is 18.3 Å². The van der Waals surface area contributed by atoms with Crippen LogP contribution in [0.15, 0.2) is 12.1 Å². The summed E-state index contributed by atoms with van der Waals surface area (Å²) in [7, 11) is 0. The monoisotopic (exact) mass is 323 g/mol. The number of benzene rings is 1. The molecule has 0 aliphatic carbocycles. The first-order valence-corrected chi connectivity index (χ1v) is 7.40. The number of rotatable bonds is 6. The Hall–Kier alpha value is -2.12. The van der Waals surface area contributed by atoms with Crippen LogP contribution in [0.4, 0.5) is 5.69 Å². The summed E-state index contributed by atoms with van der Waals surface area (Å²) in [5.41, 5.74) is -0.488. The molecule has 2 N–H and O–H groups in total. The van der Waals surface area contributed by atoms with Crippen LogP contribution in [0.5, 0.6) is 11.5 Å². The highest BCUT2D eigenvalue weighted by Gasteiger charge is 2.43. The lowest BCUT2D eigenvalue weighted by molar-refractivity contribution is -0.133. The number of hydrogen-bond acceptors (Lipinski definition) is 6.